The second kappa shape index (κ2) is 5.40. The number of nitro groups is 1. The van der Waals surface area contributed by atoms with Crippen LogP contribution in [0.3, 0.4) is 0 Å². The number of hydrogen-bond acceptors (Lipinski definition) is 4. The predicted octanol–water partition coefficient (Wildman–Crippen LogP) is 2.87. The van der Waals surface area contributed by atoms with Crippen LogP contribution in [0.1, 0.15) is 37.2 Å². The number of nitrogens with zero attached hydrogens (tertiary/aromatic N) is 1. The summed E-state index contributed by atoms with van der Waals surface area (Å²) >= 11 is 1.53. The summed E-state index contributed by atoms with van der Waals surface area (Å²) in [7, 11) is 0. The Hall–Kier alpha value is -1.23. The van der Waals surface area contributed by atoms with Gasteiger partial charge in [-0.3, -0.25) is 14.9 Å². The highest BCUT2D eigenvalue weighted by Crippen LogP contribution is 2.34. The maximum atomic E-state index is 11.9. The van der Waals surface area contributed by atoms with Crippen molar-refractivity contribution in [3.63, 3.8) is 0 Å². The SMILES string of the molecule is O=C1CCCC[C@H]1[C@@H](C[N+](=O)[O-])c1ccsc1. The highest BCUT2D eigenvalue weighted by molar-refractivity contribution is 7.08. The Kier molecular flexibility index (Phi) is 3.89. The Morgan fingerprint density at radius 3 is 2.94 bits per heavy atom. The molecule has 0 saturated heterocycles. The van der Waals surface area contributed by atoms with Crippen molar-refractivity contribution in [3.05, 3.63) is 32.5 Å². The van der Waals surface area contributed by atoms with Crippen molar-refractivity contribution in [1.29, 1.82) is 0 Å². The number of rotatable bonds is 4. The van der Waals surface area contributed by atoms with Gasteiger partial charge in [-0.25, -0.2) is 0 Å². The summed E-state index contributed by atoms with van der Waals surface area (Å²) < 4.78 is 0. The summed E-state index contributed by atoms with van der Waals surface area (Å²) in [5.74, 6) is -0.179. The summed E-state index contributed by atoms with van der Waals surface area (Å²) in [6.45, 7) is -0.132. The molecule has 1 aromatic heterocycles. The van der Waals surface area contributed by atoms with E-state index in [4.69, 9.17) is 0 Å². The molecule has 17 heavy (non-hydrogen) atoms. The van der Waals surface area contributed by atoms with Gasteiger partial charge in [0.2, 0.25) is 6.54 Å². The summed E-state index contributed by atoms with van der Waals surface area (Å²) in [5.41, 5.74) is 0.951. The lowest BCUT2D eigenvalue weighted by Crippen LogP contribution is -2.29. The second-order valence-corrected chi connectivity index (χ2v) is 5.28. The van der Waals surface area contributed by atoms with Gasteiger partial charge in [-0.1, -0.05) is 6.42 Å². The predicted molar refractivity (Wildman–Crippen MR) is 65.9 cm³/mol. The van der Waals surface area contributed by atoms with Gasteiger partial charge in [-0.15, -0.1) is 0 Å². The third kappa shape index (κ3) is 2.91. The smallest absolute Gasteiger partial charge is 0.211 e. The van der Waals surface area contributed by atoms with Gasteiger partial charge < -0.3 is 0 Å². The highest BCUT2D eigenvalue weighted by Gasteiger charge is 2.34. The molecule has 0 aliphatic heterocycles. The van der Waals surface area contributed by atoms with E-state index in [9.17, 15) is 14.9 Å². The number of carbonyl (C=O) groups excluding carboxylic acids is 1. The van der Waals surface area contributed by atoms with Crippen LogP contribution in [0, 0.1) is 16.0 Å². The fourth-order valence-electron chi connectivity index (χ4n) is 2.55. The minimum Gasteiger partial charge on any atom is -0.299 e. The molecule has 1 aromatic rings. The molecular weight excluding hydrogens is 238 g/mol. The van der Waals surface area contributed by atoms with Crippen molar-refractivity contribution < 1.29 is 9.72 Å². The minimum absolute atomic E-state index is 0.132. The molecule has 1 saturated carbocycles. The lowest BCUT2D eigenvalue weighted by molar-refractivity contribution is -0.484. The van der Waals surface area contributed by atoms with Gasteiger partial charge in [0.05, 0.1) is 5.92 Å². The summed E-state index contributed by atoms with van der Waals surface area (Å²) in [6, 6.07) is 1.90. The van der Waals surface area contributed by atoms with Gasteiger partial charge in [0.25, 0.3) is 0 Å². The summed E-state index contributed by atoms with van der Waals surface area (Å²) in [5, 5.41) is 14.6. The maximum Gasteiger partial charge on any atom is 0.211 e. The molecule has 1 heterocycles. The van der Waals surface area contributed by atoms with E-state index in [0.29, 0.717) is 6.42 Å². The first kappa shape index (κ1) is 12.2. The molecule has 92 valence electrons. The molecular formula is C12H15NO3S. The molecule has 0 aromatic carbocycles. The molecule has 0 amide bonds. The summed E-state index contributed by atoms with van der Waals surface area (Å²) in [4.78, 5) is 22.3. The van der Waals surface area contributed by atoms with Gasteiger partial charge >= 0.3 is 0 Å². The Morgan fingerprint density at radius 2 is 2.35 bits per heavy atom. The Labute approximate surface area is 104 Å². The van der Waals surface area contributed by atoms with Crippen LogP contribution in [-0.4, -0.2) is 17.3 Å². The quantitative estimate of drug-likeness (QED) is 0.612. The zero-order chi connectivity index (χ0) is 12.3. The molecule has 2 rings (SSSR count). The molecule has 1 fully saturated rings. The average molecular weight is 253 g/mol. The van der Waals surface area contributed by atoms with Crippen LogP contribution in [-0.2, 0) is 4.79 Å². The van der Waals surface area contributed by atoms with Crippen LogP contribution in [0.5, 0.6) is 0 Å². The fraction of sp³-hybridized carbons (Fsp3) is 0.583. The molecule has 0 N–H and O–H groups in total. The van der Waals surface area contributed by atoms with Crippen molar-refractivity contribution in [2.24, 2.45) is 5.92 Å². The van der Waals surface area contributed by atoms with Gasteiger partial charge in [0.1, 0.15) is 5.78 Å². The van der Waals surface area contributed by atoms with Crippen LogP contribution in [0.4, 0.5) is 0 Å². The Bertz CT molecular complexity index is 402. The van der Waals surface area contributed by atoms with Gasteiger partial charge in [0, 0.05) is 17.3 Å². The third-order valence-electron chi connectivity index (χ3n) is 3.40. The van der Waals surface area contributed by atoms with Crippen molar-refractivity contribution in [3.8, 4) is 0 Å². The van der Waals surface area contributed by atoms with Crippen molar-refractivity contribution >= 4 is 17.1 Å². The summed E-state index contributed by atoms with van der Waals surface area (Å²) in [6.07, 6.45) is 3.33. The van der Waals surface area contributed by atoms with E-state index in [0.717, 1.165) is 24.8 Å². The van der Waals surface area contributed by atoms with E-state index in [-0.39, 0.29) is 29.1 Å². The van der Waals surface area contributed by atoms with E-state index >= 15 is 0 Å². The largest absolute Gasteiger partial charge is 0.299 e. The molecule has 5 heteroatoms. The fourth-order valence-corrected chi connectivity index (χ4v) is 3.27. The van der Waals surface area contributed by atoms with Crippen molar-refractivity contribution in [2.75, 3.05) is 6.54 Å². The lowest BCUT2D eigenvalue weighted by Gasteiger charge is -2.26. The van der Waals surface area contributed by atoms with E-state index in [1.54, 1.807) is 0 Å². The number of ketones is 1. The number of thiophene rings is 1. The number of carbonyl (C=O) groups is 1. The zero-order valence-electron chi connectivity index (χ0n) is 9.50. The molecule has 1 aliphatic carbocycles. The molecule has 0 radical (unpaired) electrons. The minimum atomic E-state index is -0.301. The van der Waals surface area contributed by atoms with Gasteiger partial charge in [-0.2, -0.15) is 11.3 Å². The maximum absolute atomic E-state index is 11.9. The topological polar surface area (TPSA) is 60.2 Å². The first-order valence-corrected chi connectivity index (χ1v) is 6.79. The van der Waals surface area contributed by atoms with Gasteiger partial charge in [0.15, 0.2) is 0 Å². The Morgan fingerprint density at radius 1 is 1.53 bits per heavy atom. The molecule has 4 nitrogen and oxygen atoms in total. The third-order valence-corrected chi connectivity index (χ3v) is 4.11. The van der Waals surface area contributed by atoms with E-state index < -0.39 is 0 Å². The normalized spacial score (nSPS) is 22.4. The molecule has 1 aliphatic rings. The van der Waals surface area contributed by atoms with Crippen molar-refractivity contribution in [2.45, 2.75) is 31.6 Å². The second-order valence-electron chi connectivity index (χ2n) is 4.50. The van der Waals surface area contributed by atoms with E-state index in [1.807, 2.05) is 16.8 Å². The van der Waals surface area contributed by atoms with Crippen molar-refractivity contribution in [1.82, 2.24) is 0 Å². The monoisotopic (exact) mass is 253 g/mol. The number of hydrogen-bond donors (Lipinski definition) is 0. The first-order chi connectivity index (χ1) is 8.18. The molecule has 2 atom stereocenters. The molecule has 0 bridgehead atoms. The van der Waals surface area contributed by atoms with E-state index in [2.05, 4.69) is 0 Å². The zero-order valence-corrected chi connectivity index (χ0v) is 10.3. The van der Waals surface area contributed by atoms with Crippen LogP contribution < -0.4 is 0 Å². The Balaban J connectivity index is 2.20. The van der Waals surface area contributed by atoms with Gasteiger partial charge in [-0.05, 0) is 35.2 Å². The lowest BCUT2D eigenvalue weighted by atomic mass is 9.76. The molecule has 0 unspecified atom stereocenters. The standard InChI is InChI=1S/C12H15NO3S/c14-12-4-2-1-3-10(12)11(7-13(15)16)9-5-6-17-8-9/h5-6,8,10-11H,1-4,7H2/t10-,11-/m0/s1. The van der Waals surface area contributed by atoms with E-state index in [1.165, 1.54) is 11.3 Å². The first-order valence-electron chi connectivity index (χ1n) is 5.85. The van der Waals surface area contributed by atoms with Crippen LogP contribution in [0.2, 0.25) is 0 Å². The average Bonchev–Trinajstić information content (AvgIpc) is 2.80. The highest BCUT2D eigenvalue weighted by atomic mass is 32.1. The van der Waals surface area contributed by atoms with Crippen LogP contribution >= 0.6 is 11.3 Å². The number of Topliss-reactive ketones (excluding diaryl/α,β-unsaturated/α-hetero) is 1. The molecule has 0 spiro atoms. The van der Waals surface area contributed by atoms with Crippen LogP contribution in [0.15, 0.2) is 16.8 Å². The van der Waals surface area contributed by atoms with Crippen LogP contribution in [0.25, 0.3) is 0 Å².